The van der Waals surface area contributed by atoms with Gasteiger partial charge in [0.05, 0.1) is 0 Å². The molecule has 1 aliphatic rings. The summed E-state index contributed by atoms with van der Waals surface area (Å²) in [6, 6.07) is 6.90. The number of benzene rings is 1. The molecule has 0 fully saturated rings. The number of hydrogen-bond acceptors (Lipinski definition) is 3. The van der Waals surface area contributed by atoms with Crippen LogP contribution in [0.5, 0.6) is 0 Å². The highest BCUT2D eigenvalue weighted by atomic mass is 35.5. The molecule has 0 aliphatic carbocycles. The molecule has 0 amide bonds. The van der Waals surface area contributed by atoms with E-state index >= 15 is 0 Å². The van der Waals surface area contributed by atoms with Crippen LogP contribution in [-0.2, 0) is 9.84 Å². The zero-order valence-electron chi connectivity index (χ0n) is 7.64. The van der Waals surface area contributed by atoms with Gasteiger partial charge in [0.1, 0.15) is 5.03 Å². The smallest absolute Gasteiger partial charge is 0.215 e. The fourth-order valence-electron chi connectivity index (χ4n) is 1.36. The third kappa shape index (κ3) is 1.78. The summed E-state index contributed by atoms with van der Waals surface area (Å²) in [5.41, 5.74) is 6.73. The Morgan fingerprint density at radius 1 is 1.27 bits per heavy atom. The Kier molecular flexibility index (Phi) is 2.32. The molecule has 0 spiro atoms. The van der Waals surface area contributed by atoms with E-state index in [4.69, 9.17) is 17.3 Å². The van der Waals surface area contributed by atoms with Gasteiger partial charge in [0, 0.05) is 16.0 Å². The summed E-state index contributed by atoms with van der Waals surface area (Å²) in [7, 11) is -3.40. The van der Waals surface area contributed by atoms with Gasteiger partial charge in [0.15, 0.2) is 0 Å². The quantitative estimate of drug-likeness (QED) is 0.817. The van der Waals surface area contributed by atoms with Crippen molar-refractivity contribution in [2.75, 3.05) is 0 Å². The summed E-state index contributed by atoms with van der Waals surface area (Å²) in [5, 5.41) is 1.52. The normalized spacial score (nSPS) is 18.5. The SMILES string of the molecule is NC1=C(c2cccc(Cl)c2)C=CS1(=O)=O. The number of halogens is 1. The Bertz CT molecular complexity index is 573. The minimum atomic E-state index is -3.40. The second-order valence-corrected chi connectivity index (χ2v) is 5.37. The standard InChI is InChI=1S/C10H8ClNO2S/c11-8-3-1-2-7(6-8)9-4-5-15(13,14)10(9)12/h1-6H,12H2. The summed E-state index contributed by atoms with van der Waals surface area (Å²) in [6.07, 6.45) is 1.48. The molecule has 0 unspecified atom stereocenters. The van der Waals surface area contributed by atoms with Crippen molar-refractivity contribution in [1.29, 1.82) is 0 Å². The van der Waals surface area contributed by atoms with Crippen LogP contribution in [0.4, 0.5) is 0 Å². The first-order valence-electron chi connectivity index (χ1n) is 4.19. The molecule has 0 bridgehead atoms. The molecule has 0 saturated carbocycles. The van der Waals surface area contributed by atoms with Crippen molar-refractivity contribution in [2.45, 2.75) is 0 Å². The fraction of sp³-hybridized carbons (Fsp3) is 0. The molecule has 2 rings (SSSR count). The second-order valence-electron chi connectivity index (χ2n) is 3.14. The average Bonchev–Trinajstić information content (AvgIpc) is 2.42. The predicted octanol–water partition coefficient (Wildman–Crippen LogP) is 1.91. The maximum Gasteiger partial charge on any atom is 0.215 e. The Balaban J connectivity index is 2.60. The summed E-state index contributed by atoms with van der Waals surface area (Å²) < 4.78 is 22.7. The van der Waals surface area contributed by atoms with Gasteiger partial charge >= 0.3 is 0 Å². The van der Waals surface area contributed by atoms with E-state index in [1.165, 1.54) is 6.08 Å². The van der Waals surface area contributed by atoms with Crippen molar-refractivity contribution in [3.63, 3.8) is 0 Å². The van der Waals surface area contributed by atoms with Crippen LogP contribution in [0.15, 0.2) is 40.8 Å². The van der Waals surface area contributed by atoms with E-state index in [1.807, 2.05) is 0 Å². The summed E-state index contributed by atoms with van der Waals surface area (Å²) >= 11 is 5.81. The van der Waals surface area contributed by atoms with Gasteiger partial charge in [-0.25, -0.2) is 8.42 Å². The Morgan fingerprint density at radius 3 is 2.53 bits per heavy atom. The van der Waals surface area contributed by atoms with Gasteiger partial charge in [0.25, 0.3) is 0 Å². The lowest BCUT2D eigenvalue weighted by molar-refractivity contribution is 0.610. The topological polar surface area (TPSA) is 60.2 Å². The Hall–Kier alpha value is -1.26. The minimum Gasteiger partial charge on any atom is -0.389 e. The predicted molar refractivity (Wildman–Crippen MR) is 60.6 cm³/mol. The molecule has 1 aromatic carbocycles. The van der Waals surface area contributed by atoms with Crippen LogP contribution in [0, 0.1) is 0 Å². The Morgan fingerprint density at radius 2 is 2.00 bits per heavy atom. The molecule has 0 atom stereocenters. The van der Waals surface area contributed by atoms with Crippen LogP contribution in [0.25, 0.3) is 5.57 Å². The first kappa shape index (κ1) is 10.3. The zero-order valence-corrected chi connectivity index (χ0v) is 9.22. The summed E-state index contributed by atoms with van der Waals surface area (Å²) in [5.74, 6) is 0. The van der Waals surface area contributed by atoms with Crippen LogP contribution < -0.4 is 5.73 Å². The van der Waals surface area contributed by atoms with E-state index in [-0.39, 0.29) is 5.03 Å². The van der Waals surface area contributed by atoms with Gasteiger partial charge in [-0.15, -0.1) is 0 Å². The molecule has 78 valence electrons. The monoisotopic (exact) mass is 241 g/mol. The van der Waals surface area contributed by atoms with E-state index in [2.05, 4.69) is 0 Å². The number of allylic oxidation sites excluding steroid dienone is 2. The highest BCUT2D eigenvalue weighted by molar-refractivity contribution is 7.98. The molecule has 2 N–H and O–H groups in total. The van der Waals surface area contributed by atoms with E-state index in [0.717, 1.165) is 5.41 Å². The van der Waals surface area contributed by atoms with E-state index in [0.29, 0.717) is 16.2 Å². The molecule has 1 aliphatic heterocycles. The van der Waals surface area contributed by atoms with Crippen LogP contribution >= 0.6 is 11.6 Å². The lowest BCUT2D eigenvalue weighted by Crippen LogP contribution is -2.07. The number of rotatable bonds is 1. The molecule has 3 nitrogen and oxygen atoms in total. The molecule has 0 saturated heterocycles. The fourth-order valence-corrected chi connectivity index (χ4v) is 2.51. The van der Waals surface area contributed by atoms with Crippen LogP contribution in [0.1, 0.15) is 5.56 Å². The molecule has 5 heteroatoms. The lowest BCUT2D eigenvalue weighted by atomic mass is 10.1. The van der Waals surface area contributed by atoms with Crippen LogP contribution in [0.2, 0.25) is 5.02 Å². The summed E-state index contributed by atoms with van der Waals surface area (Å²) in [4.78, 5) is 0. The Labute approximate surface area is 92.8 Å². The molecule has 1 heterocycles. The van der Waals surface area contributed by atoms with Crippen LogP contribution in [0.3, 0.4) is 0 Å². The third-order valence-corrected chi connectivity index (χ3v) is 3.68. The van der Waals surface area contributed by atoms with Gasteiger partial charge in [-0.1, -0.05) is 23.7 Å². The number of sulfone groups is 1. The number of nitrogens with two attached hydrogens (primary N) is 1. The first-order valence-corrected chi connectivity index (χ1v) is 6.12. The van der Waals surface area contributed by atoms with Gasteiger partial charge < -0.3 is 5.73 Å². The van der Waals surface area contributed by atoms with Gasteiger partial charge in [-0.2, -0.15) is 0 Å². The largest absolute Gasteiger partial charge is 0.389 e. The zero-order chi connectivity index (χ0) is 11.1. The lowest BCUT2D eigenvalue weighted by Gasteiger charge is -2.02. The van der Waals surface area contributed by atoms with E-state index in [1.54, 1.807) is 24.3 Å². The molecular formula is C10H8ClNO2S. The van der Waals surface area contributed by atoms with Crippen molar-refractivity contribution >= 4 is 27.0 Å². The second kappa shape index (κ2) is 3.40. The average molecular weight is 242 g/mol. The molecule has 0 radical (unpaired) electrons. The van der Waals surface area contributed by atoms with Crippen molar-refractivity contribution in [1.82, 2.24) is 0 Å². The van der Waals surface area contributed by atoms with Crippen molar-refractivity contribution in [3.05, 3.63) is 51.4 Å². The third-order valence-electron chi connectivity index (χ3n) is 2.12. The minimum absolute atomic E-state index is 0.121. The van der Waals surface area contributed by atoms with E-state index in [9.17, 15) is 8.42 Å². The van der Waals surface area contributed by atoms with Gasteiger partial charge in [0.2, 0.25) is 9.84 Å². The molecular weight excluding hydrogens is 234 g/mol. The molecule has 15 heavy (non-hydrogen) atoms. The maximum absolute atomic E-state index is 11.3. The van der Waals surface area contributed by atoms with Crippen LogP contribution in [-0.4, -0.2) is 8.42 Å². The molecule has 0 aromatic heterocycles. The summed E-state index contributed by atoms with van der Waals surface area (Å²) in [6.45, 7) is 0. The number of hydrogen-bond donors (Lipinski definition) is 1. The van der Waals surface area contributed by atoms with E-state index < -0.39 is 9.84 Å². The molecule has 1 aromatic rings. The highest BCUT2D eigenvalue weighted by Gasteiger charge is 2.21. The maximum atomic E-state index is 11.3. The van der Waals surface area contributed by atoms with Crippen molar-refractivity contribution < 1.29 is 8.42 Å². The highest BCUT2D eigenvalue weighted by Crippen LogP contribution is 2.28. The van der Waals surface area contributed by atoms with Gasteiger partial charge in [-0.3, -0.25) is 0 Å². The van der Waals surface area contributed by atoms with Crippen molar-refractivity contribution in [3.8, 4) is 0 Å². The van der Waals surface area contributed by atoms with Crippen molar-refractivity contribution in [2.24, 2.45) is 5.73 Å². The van der Waals surface area contributed by atoms with Gasteiger partial charge in [-0.05, 0) is 23.8 Å². The first-order chi connectivity index (χ1) is 7.00.